The highest BCUT2D eigenvalue weighted by Crippen LogP contribution is 2.50. The van der Waals surface area contributed by atoms with Crippen molar-refractivity contribution in [3.8, 4) is 0 Å². The molecule has 0 amide bonds. The van der Waals surface area contributed by atoms with Crippen LogP contribution < -0.4 is 15.9 Å². The van der Waals surface area contributed by atoms with Gasteiger partial charge in [0.25, 0.3) is 11.2 Å². The molecular weight excluding hydrogens is 404 g/mol. The van der Waals surface area contributed by atoms with Crippen LogP contribution in [0.1, 0.15) is 0 Å². The van der Waals surface area contributed by atoms with Gasteiger partial charge in [-0.1, -0.05) is 0 Å². The predicted molar refractivity (Wildman–Crippen MR) is 93.3 cm³/mol. The Labute approximate surface area is 153 Å². The van der Waals surface area contributed by atoms with Gasteiger partial charge in [-0.05, 0) is 0 Å². The zero-order chi connectivity index (χ0) is 20.2. The summed E-state index contributed by atoms with van der Waals surface area (Å²) >= 11 is 0. The maximum absolute atomic E-state index is 12.2. The van der Waals surface area contributed by atoms with Crippen molar-refractivity contribution in [2.24, 2.45) is 14.1 Å². The van der Waals surface area contributed by atoms with Crippen LogP contribution in [-0.4, -0.2) is 44.7 Å². The first-order valence-corrected chi connectivity index (χ1v) is 10.6. The monoisotopic (exact) mass is 424 g/mol. The average molecular weight is 424 g/mol. The Balaban J connectivity index is 1.90. The normalized spacial score (nSPS) is 14.9. The summed E-state index contributed by atoms with van der Waals surface area (Å²) in [6.45, 7) is -0.194. The number of aldehydes is 1. The lowest BCUT2D eigenvalue weighted by molar-refractivity contribution is -0.646. The highest BCUT2D eigenvalue weighted by atomic mass is 31.2. The summed E-state index contributed by atoms with van der Waals surface area (Å²) in [5, 5.41) is 0. The second-order valence-corrected chi connectivity index (χ2v) is 8.58. The van der Waals surface area contributed by atoms with E-state index in [4.69, 9.17) is 19.9 Å². The van der Waals surface area contributed by atoms with Gasteiger partial charge in [0.15, 0.2) is 6.73 Å². The average Bonchev–Trinajstić information content (AvgIpc) is 2.87. The standard InChI is InChI=1S/C12H19N5O8P2/c1-15-7-17(10-9(15)11(19)16(2)12(13)14-10)8-23-4-5-24-26(20)25-27(21,22)6-3-18/h3,7,26H,4-6,8H2,1-2H3,(H2-,13,14,19,21,22)/p+1. The van der Waals surface area contributed by atoms with Crippen LogP contribution in [0.4, 0.5) is 5.95 Å². The summed E-state index contributed by atoms with van der Waals surface area (Å²) < 4.78 is 41.5. The van der Waals surface area contributed by atoms with Gasteiger partial charge < -0.3 is 24.7 Å². The highest BCUT2D eigenvalue weighted by molar-refractivity contribution is 7.60. The minimum atomic E-state index is -4.25. The molecule has 2 rings (SSSR count). The molecule has 15 heteroatoms. The number of carbonyl (C=O) groups is 1. The number of rotatable bonds is 10. The Kier molecular flexibility index (Phi) is 7.04. The topological polar surface area (TPSA) is 169 Å². The van der Waals surface area contributed by atoms with E-state index < -0.39 is 22.0 Å². The van der Waals surface area contributed by atoms with E-state index in [-0.39, 0.29) is 37.7 Å². The van der Waals surface area contributed by atoms with E-state index >= 15 is 0 Å². The Morgan fingerprint density at radius 3 is 2.85 bits per heavy atom. The number of aryl methyl sites for hydroxylation is 1. The quantitative estimate of drug-likeness (QED) is 0.207. The van der Waals surface area contributed by atoms with Crippen molar-refractivity contribution >= 4 is 39.2 Å². The number of imidazole rings is 1. The van der Waals surface area contributed by atoms with Gasteiger partial charge >= 0.3 is 21.4 Å². The molecule has 0 aliphatic carbocycles. The van der Waals surface area contributed by atoms with E-state index in [1.54, 1.807) is 22.5 Å². The molecule has 3 N–H and O–H groups in total. The van der Waals surface area contributed by atoms with Crippen LogP contribution >= 0.6 is 15.9 Å². The zero-order valence-electron chi connectivity index (χ0n) is 14.6. The minimum absolute atomic E-state index is 0.00569. The van der Waals surface area contributed by atoms with Crippen molar-refractivity contribution in [2.45, 2.75) is 6.73 Å². The Morgan fingerprint density at radius 2 is 2.19 bits per heavy atom. The van der Waals surface area contributed by atoms with Crippen LogP contribution in [0.3, 0.4) is 0 Å². The van der Waals surface area contributed by atoms with E-state index in [0.717, 1.165) is 0 Å². The Hall–Kier alpha value is -1.88. The van der Waals surface area contributed by atoms with Gasteiger partial charge in [-0.3, -0.25) is 18.5 Å². The van der Waals surface area contributed by atoms with Crippen LogP contribution in [0.15, 0.2) is 11.1 Å². The lowest BCUT2D eigenvalue weighted by Gasteiger charge is -2.09. The Bertz CT molecular complexity index is 971. The minimum Gasteiger partial charge on any atom is -0.369 e. The summed E-state index contributed by atoms with van der Waals surface area (Å²) in [4.78, 5) is 35.8. The van der Waals surface area contributed by atoms with E-state index in [9.17, 15) is 18.7 Å². The fourth-order valence-electron chi connectivity index (χ4n) is 2.14. The van der Waals surface area contributed by atoms with E-state index in [1.807, 2.05) is 0 Å². The first-order valence-electron chi connectivity index (χ1n) is 7.57. The van der Waals surface area contributed by atoms with E-state index in [0.29, 0.717) is 11.2 Å². The van der Waals surface area contributed by atoms with Gasteiger partial charge in [-0.25, -0.2) is 8.88 Å². The van der Waals surface area contributed by atoms with Gasteiger partial charge in [0.05, 0.1) is 20.3 Å². The van der Waals surface area contributed by atoms with Crippen LogP contribution in [-0.2, 0) is 48.3 Å². The molecule has 0 aliphatic rings. The third kappa shape index (κ3) is 5.32. The molecule has 0 radical (unpaired) electrons. The summed E-state index contributed by atoms with van der Waals surface area (Å²) in [6, 6.07) is 0. The number of nitrogens with two attached hydrogens (primary N) is 1. The van der Waals surface area contributed by atoms with Crippen molar-refractivity contribution in [1.29, 1.82) is 0 Å². The molecule has 0 aliphatic heterocycles. The molecule has 0 fully saturated rings. The molecular formula is C12H20N5O8P2+. The van der Waals surface area contributed by atoms with E-state index in [1.165, 1.54) is 11.6 Å². The third-order valence-electron chi connectivity index (χ3n) is 3.42. The number of hydrogen-bond acceptors (Lipinski definition) is 9. The Morgan fingerprint density at radius 1 is 1.48 bits per heavy atom. The lowest BCUT2D eigenvalue weighted by Crippen LogP contribution is -2.34. The number of nitrogen functional groups attached to an aromatic ring is 1. The molecule has 0 spiro atoms. The van der Waals surface area contributed by atoms with Gasteiger partial charge in [-0.2, -0.15) is 9.55 Å². The van der Waals surface area contributed by atoms with Gasteiger partial charge in [0.1, 0.15) is 12.4 Å². The van der Waals surface area contributed by atoms with Crippen LogP contribution in [0.2, 0.25) is 0 Å². The van der Waals surface area contributed by atoms with Gasteiger partial charge in [-0.15, -0.1) is 0 Å². The van der Waals surface area contributed by atoms with Crippen molar-refractivity contribution < 1.29 is 37.0 Å². The van der Waals surface area contributed by atoms with Crippen LogP contribution in [0.5, 0.6) is 0 Å². The molecule has 0 bridgehead atoms. The van der Waals surface area contributed by atoms with Gasteiger partial charge in [0.2, 0.25) is 12.3 Å². The molecule has 0 saturated heterocycles. The number of carbonyl (C=O) groups excluding carboxylic acids is 1. The molecule has 13 nitrogen and oxygen atoms in total. The molecule has 2 unspecified atom stereocenters. The molecule has 150 valence electrons. The molecule has 27 heavy (non-hydrogen) atoms. The summed E-state index contributed by atoms with van der Waals surface area (Å²) in [5.74, 6) is 0.0512. The van der Waals surface area contributed by atoms with Crippen molar-refractivity contribution in [2.75, 3.05) is 25.1 Å². The van der Waals surface area contributed by atoms with Crippen molar-refractivity contribution in [1.82, 2.24) is 14.1 Å². The summed E-state index contributed by atoms with van der Waals surface area (Å²) in [7, 11) is -4.30. The lowest BCUT2D eigenvalue weighted by atomic mass is 10.5. The predicted octanol–water partition coefficient (Wildman–Crippen LogP) is -1.08. The third-order valence-corrected chi connectivity index (χ3v) is 6.21. The van der Waals surface area contributed by atoms with Crippen molar-refractivity contribution in [3.63, 3.8) is 0 Å². The van der Waals surface area contributed by atoms with Crippen LogP contribution in [0.25, 0.3) is 11.2 Å². The summed E-state index contributed by atoms with van der Waals surface area (Å²) in [5.41, 5.74) is 6.09. The first-order chi connectivity index (χ1) is 12.7. The summed E-state index contributed by atoms with van der Waals surface area (Å²) in [6.07, 6.45) is 1.03. The molecule has 2 aromatic heterocycles. The molecule has 0 aromatic carbocycles. The number of aromatic nitrogens is 4. The number of fused-ring (bicyclic) bond motifs is 1. The van der Waals surface area contributed by atoms with Gasteiger partial charge in [0, 0.05) is 7.05 Å². The van der Waals surface area contributed by atoms with E-state index in [2.05, 4.69) is 9.29 Å². The number of hydrogen-bond donors (Lipinski definition) is 2. The van der Waals surface area contributed by atoms with Crippen molar-refractivity contribution in [3.05, 3.63) is 16.7 Å². The maximum Gasteiger partial charge on any atom is 0.342 e. The second kappa shape index (κ2) is 8.87. The molecule has 2 aromatic rings. The zero-order valence-corrected chi connectivity index (χ0v) is 16.5. The number of anilines is 1. The number of ether oxygens (including phenoxy) is 1. The SMILES string of the molecule is Cn1c(N)nc2c(c1=O)[n+](C)cn2COCCO[PH](=O)OP(=O)(O)CC=O. The number of nitrogens with zero attached hydrogens (tertiary/aromatic N) is 4. The maximum atomic E-state index is 12.2. The first kappa shape index (κ1) is 21.4. The second-order valence-electron chi connectivity index (χ2n) is 5.42. The fraction of sp³-hybridized carbons (Fsp3) is 0.500. The molecule has 0 saturated carbocycles. The largest absolute Gasteiger partial charge is 0.369 e. The van der Waals surface area contributed by atoms with Crippen LogP contribution in [0, 0.1) is 0 Å². The smallest absolute Gasteiger partial charge is 0.342 e. The highest BCUT2D eigenvalue weighted by Gasteiger charge is 2.23. The molecule has 2 atom stereocenters. The fourth-order valence-corrected chi connectivity index (χ4v) is 4.02. The molecule has 2 heterocycles.